The highest BCUT2D eigenvalue weighted by Crippen LogP contribution is 2.16. The Bertz CT molecular complexity index is 376. The van der Waals surface area contributed by atoms with E-state index < -0.39 is 0 Å². The Balaban J connectivity index is 2.79. The SMILES string of the molecule is COCCN(CCCl)C(=O)c1cc(C)oc1C. The number of methoxy groups -OCH3 is 1. The van der Waals surface area contributed by atoms with E-state index in [2.05, 4.69) is 0 Å². The molecule has 1 aromatic rings. The molecule has 1 aromatic heterocycles. The maximum absolute atomic E-state index is 12.2. The molecule has 0 saturated heterocycles. The molecular weight excluding hydrogens is 242 g/mol. The molecule has 0 unspecified atom stereocenters. The molecule has 5 heteroatoms. The number of rotatable bonds is 6. The van der Waals surface area contributed by atoms with E-state index in [0.29, 0.717) is 36.9 Å². The number of carbonyl (C=O) groups is 1. The van der Waals surface area contributed by atoms with Gasteiger partial charge >= 0.3 is 0 Å². The van der Waals surface area contributed by atoms with Gasteiger partial charge in [-0.15, -0.1) is 11.6 Å². The fourth-order valence-electron chi connectivity index (χ4n) is 1.63. The van der Waals surface area contributed by atoms with Crippen molar-refractivity contribution < 1.29 is 13.9 Å². The van der Waals surface area contributed by atoms with Crippen molar-refractivity contribution in [3.63, 3.8) is 0 Å². The normalized spacial score (nSPS) is 10.6. The van der Waals surface area contributed by atoms with E-state index in [1.807, 2.05) is 6.92 Å². The Kier molecular flexibility index (Phi) is 5.51. The van der Waals surface area contributed by atoms with Crippen LogP contribution in [-0.4, -0.2) is 43.5 Å². The fourth-order valence-corrected chi connectivity index (χ4v) is 1.84. The Morgan fingerprint density at radius 2 is 2.18 bits per heavy atom. The summed E-state index contributed by atoms with van der Waals surface area (Å²) in [6.07, 6.45) is 0. The highest BCUT2D eigenvalue weighted by atomic mass is 35.5. The molecule has 17 heavy (non-hydrogen) atoms. The first kappa shape index (κ1) is 14.1. The molecule has 0 N–H and O–H groups in total. The molecule has 1 amide bonds. The van der Waals surface area contributed by atoms with Crippen molar-refractivity contribution >= 4 is 17.5 Å². The number of halogens is 1. The number of alkyl halides is 1. The van der Waals surface area contributed by atoms with Crippen LogP contribution in [0.1, 0.15) is 21.9 Å². The summed E-state index contributed by atoms with van der Waals surface area (Å²) in [6, 6.07) is 1.76. The minimum atomic E-state index is -0.0583. The topological polar surface area (TPSA) is 42.7 Å². The van der Waals surface area contributed by atoms with Gasteiger partial charge in [-0.2, -0.15) is 0 Å². The summed E-state index contributed by atoms with van der Waals surface area (Å²) in [5, 5.41) is 0. The molecule has 0 aliphatic rings. The molecule has 0 bridgehead atoms. The van der Waals surface area contributed by atoms with Gasteiger partial charge in [0.2, 0.25) is 0 Å². The molecule has 96 valence electrons. The van der Waals surface area contributed by atoms with Crippen LogP contribution in [0.4, 0.5) is 0 Å². The number of furan rings is 1. The van der Waals surface area contributed by atoms with Gasteiger partial charge in [-0.1, -0.05) is 0 Å². The van der Waals surface area contributed by atoms with Crippen molar-refractivity contribution in [3.05, 3.63) is 23.2 Å². The van der Waals surface area contributed by atoms with Gasteiger partial charge in [0, 0.05) is 26.1 Å². The van der Waals surface area contributed by atoms with E-state index in [0.717, 1.165) is 5.76 Å². The van der Waals surface area contributed by atoms with Crippen LogP contribution in [0.3, 0.4) is 0 Å². The minimum absolute atomic E-state index is 0.0583. The van der Waals surface area contributed by atoms with Gasteiger partial charge in [-0.25, -0.2) is 0 Å². The van der Waals surface area contributed by atoms with Crippen LogP contribution in [-0.2, 0) is 4.74 Å². The smallest absolute Gasteiger partial charge is 0.257 e. The number of hydrogen-bond acceptors (Lipinski definition) is 3. The molecule has 1 heterocycles. The van der Waals surface area contributed by atoms with Crippen molar-refractivity contribution in [2.75, 3.05) is 32.7 Å². The predicted molar refractivity (Wildman–Crippen MR) is 66.7 cm³/mol. The molecule has 0 fully saturated rings. The van der Waals surface area contributed by atoms with Crippen molar-refractivity contribution in [1.29, 1.82) is 0 Å². The Labute approximate surface area is 106 Å². The lowest BCUT2D eigenvalue weighted by atomic mass is 10.2. The van der Waals surface area contributed by atoms with E-state index >= 15 is 0 Å². The molecule has 1 rings (SSSR count). The maximum Gasteiger partial charge on any atom is 0.257 e. The van der Waals surface area contributed by atoms with E-state index in [9.17, 15) is 4.79 Å². The van der Waals surface area contributed by atoms with Crippen LogP contribution < -0.4 is 0 Å². The van der Waals surface area contributed by atoms with Gasteiger partial charge in [-0.3, -0.25) is 4.79 Å². The number of aryl methyl sites for hydroxylation is 2. The number of ether oxygens (including phenoxy) is 1. The predicted octanol–water partition coefficient (Wildman–Crippen LogP) is 2.22. The fraction of sp³-hybridized carbons (Fsp3) is 0.583. The lowest BCUT2D eigenvalue weighted by Gasteiger charge is -2.20. The third-order valence-corrected chi connectivity index (χ3v) is 2.65. The first-order valence-electron chi connectivity index (χ1n) is 5.51. The van der Waals surface area contributed by atoms with Crippen LogP contribution >= 0.6 is 11.6 Å². The average molecular weight is 260 g/mol. The summed E-state index contributed by atoms with van der Waals surface area (Å²) in [4.78, 5) is 13.9. The number of nitrogens with zero attached hydrogens (tertiary/aromatic N) is 1. The van der Waals surface area contributed by atoms with Crippen molar-refractivity contribution in [2.45, 2.75) is 13.8 Å². The lowest BCUT2D eigenvalue weighted by Crippen LogP contribution is -2.35. The monoisotopic (exact) mass is 259 g/mol. The molecule has 0 atom stereocenters. The van der Waals surface area contributed by atoms with Gasteiger partial charge in [0.05, 0.1) is 12.2 Å². The van der Waals surface area contributed by atoms with Gasteiger partial charge in [0.1, 0.15) is 11.5 Å². The highest BCUT2D eigenvalue weighted by Gasteiger charge is 2.19. The first-order valence-corrected chi connectivity index (χ1v) is 6.04. The third-order valence-electron chi connectivity index (χ3n) is 2.48. The Morgan fingerprint density at radius 3 is 2.65 bits per heavy atom. The molecule has 0 radical (unpaired) electrons. The molecule has 0 aliphatic carbocycles. The molecule has 0 aliphatic heterocycles. The van der Waals surface area contributed by atoms with Crippen LogP contribution in [0.25, 0.3) is 0 Å². The maximum atomic E-state index is 12.2. The quantitative estimate of drug-likeness (QED) is 0.736. The standard InChI is InChI=1S/C12H18ClNO3/c1-9-8-11(10(2)17-9)12(15)14(5-4-13)6-7-16-3/h8H,4-7H2,1-3H3. The average Bonchev–Trinajstić information content (AvgIpc) is 2.63. The molecule has 0 spiro atoms. The van der Waals surface area contributed by atoms with E-state index in [1.165, 1.54) is 0 Å². The van der Waals surface area contributed by atoms with Crippen molar-refractivity contribution in [3.8, 4) is 0 Å². The van der Waals surface area contributed by atoms with Crippen LogP contribution in [0, 0.1) is 13.8 Å². The summed E-state index contributed by atoms with van der Waals surface area (Å²) < 4.78 is 10.3. The van der Waals surface area contributed by atoms with Gasteiger partial charge in [0.15, 0.2) is 0 Å². The zero-order valence-corrected chi connectivity index (χ0v) is 11.2. The largest absolute Gasteiger partial charge is 0.466 e. The minimum Gasteiger partial charge on any atom is -0.466 e. The second kappa shape index (κ2) is 6.67. The third kappa shape index (κ3) is 3.75. The number of hydrogen-bond donors (Lipinski definition) is 0. The molecule has 0 saturated carbocycles. The highest BCUT2D eigenvalue weighted by molar-refractivity contribution is 6.18. The zero-order valence-electron chi connectivity index (χ0n) is 10.5. The van der Waals surface area contributed by atoms with Crippen molar-refractivity contribution in [1.82, 2.24) is 4.90 Å². The van der Waals surface area contributed by atoms with Crippen LogP contribution in [0.15, 0.2) is 10.5 Å². The summed E-state index contributed by atoms with van der Waals surface area (Å²) >= 11 is 5.69. The summed E-state index contributed by atoms with van der Waals surface area (Å²) in [7, 11) is 1.61. The van der Waals surface area contributed by atoms with Gasteiger partial charge in [0.25, 0.3) is 5.91 Å². The van der Waals surface area contributed by atoms with E-state index in [-0.39, 0.29) is 5.91 Å². The summed E-state index contributed by atoms with van der Waals surface area (Å²) in [6.45, 7) is 5.15. The zero-order chi connectivity index (χ0) is 12.8. The first-order chi connectivity index (χ1) is 8.10. The number of carbonyl (C=O) groups excluding carboxylic acids is 1. The summed E-state index contributed by atoms with van der Waals surface area (Å²) in [5.74, 6) is 1.73. The second-order valence-corrected chi connectivity index (χ2v) is 4.18. The number of amides is 1. The van der Waals surface area contributed by atoms with E-state index in [1.54, 1.807) is 25.0 Å². The lowest BCUT2D eigenvalue weighted by molar-refractivity contribution is 0.0706. The van der Waals surface area contributed by atoms with Gasteiger partial charge in [-0.05, 0) is 19.9 Å². The van der Waals surface area contributed by atoms with Gasteiger partial charge < -0.3 is 14.1 Å². The van der Waals surface area contributed by atoms with Crippen molar-refractivity contribution in [2.24, 2.45) is 0 Å². The van der Waals surface area contributed by atoms with Crippen LogP contribution in [0.5, 0.6) is 0 Å². The van der Waals surface area contributed by atoms with Crippen LogP contribution in [0.2, 0.25) is 0 Å². The Hall–Kier alpha value is -1.00. The molecular formula is C12H18ClNO3. The summed E-state index contributed by atoms with van der Waals surface area (Å²) in [5.41, 5.74) is 0.601. The molecule has 4 nitrogen and oxygen atoms in total. The Morgan fingerprint density at radius 1 is 1.47 bits per heavy atom. The van der Waals surface area contributed by atoms with E-state index in [4.69, 9.17) is 20.8 Å². The molecule has 0 aromatic carbocycles. The second-order valence-electron chi connectivity index (χ2n) is 3.80.